The number of nitrogens with two attached hydrogens (primary N) is 1. The molecule has 1 unspecified atom stereocenters. The second kappa shape index (κ2) is 5.03. The number of hydrogen-bond acceptors (Lipinski definition) is 3. The molecule has 5 nitrogen and oxygen atoms in total. The van der Waals surface area contributed by atoms with Crippen LogP contribution >= 0.6 is 0 Å². The van der Waals surface area contributed by atoms with Gasteiger partial charge in [0, 0.05) is 0 Å². The number of aromatic nitrogens is 2. The average molecular weight is 281 g/mol. The van der Waals surface area contributed by atoms with Crippen LogP contribution in [0, 0.1) is 6.92 Å². The first-order valence-corrected chi connectivity index (χ1v) is 6.63. The number of hydrogen-bond donors (Lipinski definition) is 3. The standard InChI is InChI=1S/C16H15N3O2/c1-9-3-2-4-10(7-9)14(17)11-5-6-12-13(8-11)19-16(21)15(20)18-12/h2-8,14H,17H2,1H3,(H,18,20)(H,19,21). The molecule has 0 saturated heterocycles. The van der Waals surface area contributed by atoms with Gasteiger partial charge in [-0.05, 0) is 30.2 Å². The van der Waals surface area contributed by atoms with Crippen molar-refractivity contribution in [1.82, 2.24) is 9.97 Å². The Hall–Kier alpha value is -2.66. The van der Waals surface area contributed by atoms with Gasteiger partial charge >= 0.3 is 11.1 Å². The highest BCUT2D eigenvalue weighted by Crippen LogP contribution is 2.22. The van der Waals surface area contributed by atoms with Gasteiger partial charge in [-0.25, -0.2) is 0 Å². The first-order valence-electron chi connectivity index (χ1n) is 6.63. The van der Waals surface area contributed by atoms with Crippen LogP contribution in [0.4, 0.5) is 0 Å². The molecule has 21 heavy (non-hydrogen) atoms. The van der Waals surface area contributed by atoms with Crippen LogP contribution in [0.2, 0.25) is 0 Å². The number of aromatic amines is 2. The summed E-state index contributed by atoms with van der Waals surface area (Å²) in [6, 6.07) is 13.1. The minimum Gasteiger partial charge on any atom is -0.320 e. The molecule has 0 saturated carbocycles. The lowest BCUT2D eigenvalue weighted by atomic mass is 9.98. The molecular formula is C16H15N3O2. The molecule has 1 heterocycles. The smallest absolute Gasteiger partial charge is 0.314 e. The third-order valence-electron chi connectivity index (χ3n) is 3.51. The normalized spacial score (nSPS) is 12.5. The van der Waals surface area contributed by atoms with E-state index in [-0.39, 0.29) is 6.04 Å². The molecule has 3 rings (SSSR count). The van der Waals surface area contributed by atoms with Crippen molar-refractivity contribution in [1.29, 1.82) is 0 Å². The van der Waals surface area contributed by atoms with E-state index in [1.165, 1.54) is 0 Å². The Morgan fingerprint density at radius 1 is 0.905 bits per heavy atom. The summed E-state index contributed by atoms with van der Waals surface area (Å²) in [4.78, 5) is 27.8. The molecule has 0 amide bonds. The Morgan fingerprint density at radius 3 is 2.29 bits per heavy atom. The summed E-state index contributed by atoms with van der Waals surface area (Å²) in [7, 11) is 0. The fourth-order valence-electron chi connectivity index (χ4n) is 2.38. The van der Waals surface area contributed by atoms with Gasteiger partial charge in [0.1, 0.15) is 0 Å². The maximum atomic E-state index is 11.4. The van der Waals surface area contributed by atoms with Crippen LogP contribution in [0.3, 0.4) is 0 Å². The molecule has 0 aliphatic heterocycles. The van der Waals surface area contributed by atoms with Crippen molar-refractivity contribution < 1.29 is 0 Å². The first-order chi connectivity index (χ1) is 10.0. The van der Waals surface area contributed by atoms with Crippen molar-refractivity contribution in [2.24, 2.45) is 5.73 Å². The van der Waals surface area contributed by atoms with E-state index in [2.05, 4.69) is 9.97 Å². The van der Waals surface area contributed by atoms with Gasteiger partial charge in [-0.2, -0.15) is 0 Å². The zero-order chi connectivity index (χ0) is 15.0. The summed E-state index contributed by atoms with van der Waals surface area (Å²) in [5.74, 6) is 0. The highest BCUT2D eigenvalue weighted by Gasteiger charge is 2.10. The monoisotopic (exact) mass is 281 g/mol. The van der Waals surface area contributed by atoms with Gasteiger partial charge in [0.15, 0.2) is 0 Å². The molecule has 3 aromatic rings. The minimum atomic E-state index is -0.663. The van der Waals surface area contributed by atoms with Crippen molar-refractivity contribution >= 4 is 11.0 Å². The van der Waals surface area contributed by atoms with Crippen LogP contribution in [0.25, 0.3) is 11.0 Å². The Balaban J connectivity index is 2.10. The number of nitrogens with one attached hydrogen (secondary N) is 2. The van der Waals surface area contributed by atoms with E-state index in [0.717, 1.165) is 16.7 Å². The number of H-pyrrole nitrogens is 2. The van der Waals surface area contributed by atoms with Crippen molar-refractivity contribution in [2.45, 2.75) is 13.0 Å². The van der Waals surface area contributed by atoms with E-state index in [1.807, 2.05) is 37.3 Å². The van der Waals surface area contributed by atoms with Gasteiger partial charge in [0.05, 0.1) is 17.1 Å². The van der Waals surface area contributed by atoms with E-state index >= 15 is 0 Å². The molecule has 1 aromatic heterocycles. The number of rotatable bonds is 2. The average Bonchev–Trinajstić information content (AvgIpc) is 2.47. The van der Waals surface area contributed by atoms with Crippen molar-refractivity contribution in [2.75, 3.05) is 0 Å². The zero-order valence-electron chi connectivity index (χ0n) is 11.5. The van der Waals surface area contributed by atoms with E-state index < -0.39 is 11.1 Å². The molecule has 5 heteroatoms. The molecular weight excluding hydrogens is 266 g/mol. The van der Waals surface area contributed by atoms with Gasteiger partial charge in [-0.15, -0.1) is 0 Å². The summed E-state index contributed by atoms with van der Waals surface area (Å²) in [6.45, 7) is 2.01. The van der Waals surface area contributed by atoms with Crippen LogP contribution in [0.5, 0.6) is 0 Å². The second-order valence-electron chi connectivity index (χ2n) is 5.11. The lowest BCUT2D eigenvalue weighted by Gasteiger charge is -2.13. The van der Waals surface area contributed by atoms with E-state index in [1.54, 1.807) is 12.1 Å². The van der Waals surface area contributed by atoms with Gasteiger partial charge in [0.2, 0.25) is 0 Å². The van der Waals surface area contributed by atoms with Crippen LogP contribution in [0.15, 0.2) is 52.1 Å². The van der Waals surface area contributed by atoms with Crippen molar-refractivity contribution in [3.63, 3.8) is 0 Å². The summed E-state index contributed by atoms with van der Waals surface area (Å²) in [5, 5.41) is 0. The van der Waals surface area contributed by atoms with E-state index in [4.69, 9.17) is 5.73 Å². The van der Waals surface area contributed by atoms with Gasteiger partial charge in [-0.1, -0.05) is 35.9 Å². The molecule has 4 N–H and O–H groups in total. The highest BCUT2D eigenvalue weighted by atomic mass is 16.2. The van der Waals surface area contributed by atoms with Crippen LogP contribution in [-0.2, 0) is 0 Å². The van der Waals surface area contributed by atoms with Crippen LogP contribution in [0.1, 0.15) is 22.7 Å². The van der Waals surface area contributed by atoms with E-state index in [9.17, 15) is 9.59 Å². The summed E-state index contributed by atoms with van der Waals surface area (Å²) >= 11 is 0. The Labute approximate surface area is 120 Å². The summed E-state index contributed by atoms with van der Waals surface area (Å²) in [5.41, 5.74) is 9.13. The minimum absolute atomic E-state index is 0.287. The molecule has 0 aliphatic rings. The molecule has 1 atom stereocenters. The summed E-state index contributed by atoms with van der Waals surface area (Å²) < 4.78 is 0. The molecule has 0 spiro atoms. The zero-order valence-corrected chi connectivity index (χ0v) is 11.5. The third kappa shape index (κ3) is 2.51. The van der Waals surface area contributed by atoms with Crippen molar-refractivity contribution in [3.05, 3.63) is 79.9 Å². The van der Waals surface area contributed by atoms with E-state index in [0.29, 0.717) is 11.0 Å². The Bertz CT molecular complexity index is 924. The third-order valence-corrected chi connectivity index (χ3v) is 3.51. The maximum Gasteiger partial charge on any atom is 0.314 e. The number of fused-ring (bicyclic) bond motifs is 1. The van der Waals surface area contributed by atoms with Crippen LogP contribution in [-0.4, -0.2) is 9.97 Å². The molecule has 0 bridgehead atoms. The molecule has 2 aromatic carbocycles. The number of benzene rings is 2. The first kappa shape index (κ1) is 13.3. The predicted molar refractivity (Wildman–Crippen MR) is 82.4 cm³/mol. The van der Waals surface area contributed by atoms with Gasteiger partial charge in [-0.3, -0.25) is 9.59 Å². The lowest BCUT2D eigenvalue weighted by Crippen LogP contribution is -2.29. The quantitative estimate of drug-likeness (QED) is 0.623. The number of aryl methyl sites for hydroxylation is 1. The second-order valence-corrected chi connectivity index (χ2v) is 5.11. The van der Waals surface area contributed by atoms with Gasteiger partial charge < -0.3 is 15.7 Å². The largest absolute Gasteiger partial charge is 0.320 e. The Kier molecular flexibility index (Phi) is 3.19. The van der Waals surface area contributed by atoms with Crippen LogP contribution < -0.4 is 16.9 Å². The Morgan fingerprint density at radius 2 is 1.57 bits per heavy atom. The molecule has 106 valence electrons. The highest BCUT2D eigenvalue weighted by molar-refractivity contribution is 5.74. The fourth-order valence-corrected chi connectivity index (χ4v) is 2.38. The van der Waals surface area contributed by atoms with Gasteiger partial charge in [0.25, 0.3) is 0 Å². The topological polar surface area (TPSA) is 91.7 Å². The predicted octanol–water partition coefficient (Wildman–Crippen LogP) is 1.57. The molecule has 0 fully saturated rings. The SMILES string of the molecule is Cc1cccc(C(N)c2ccc3[nH]c(=O)c(=O)[nH]c3c2)c1. The molecule has 0 radical (unpaired) electrons. The van der Waals surface area contributed by atoms with Crippen molar-refractivity contribution in [3.8, 4) is 0 Å². The molecule has 0 aliphatic carbocycles. The lowest BCUT2D eigenvalue weighted by molar-refractivity contribution is 0.870. The maximum absolute atomic E-state index is 11.4. The fraction of sp³-hybridized carbons (Fsp3) is 0.125. The summed E-state index contributed by atoms with van der Waals surface area (Å²) in [6.07, 6.45) is 0.